The summed E-state index contributed by atoms with van der Waals surface area (Å²) in [6.45, 7) is 0.662. The topological polar surface area (TPSA) is 66.5 Å². The molecule has 2 fully saturated rings. The molecule has 2 saturated heterocycles. The number of hydrogen-bond acceptors (Lipinski definition) is 5. The lowest BCUT2D eigenvalue weighted by atomic mass is 9.82. The number of hydrogen-bond donors (Lipinski definition) is 1. The summed E-state index contributed by atoms with van der Waals surface area (Å²) < 4.78 is 0. The molecule has 1 aliphatic carbocycles. The van der Waals surface area contributed by atoms with Gasteiger partial charge in [0.15, 0.2) is 5.78 Å². The molecular weight excluding hydrogens is 360 g/mol. The third kappa shape index (κ3) is 3.83. The third-order valence-corrected chi connectivity index (χ3v) is 7.37. The van der Waals surface area contributed by atoms with Gasteiger partial charge in [0.2, 0.25) is 5.91 Å². The molecule has 0 saturated carbocycles. The van der Waals surface area contributed by atoms with Crippen LogP contribution in [0, 0.1) is 5.92 Å². The van der Waals surface area contributed by atoms with E-state index in [9.17, 15) is 14.4 Å². The van der Waals surface area contributed by atoms with E-state index in [2.05, 4.69) is 29.6 Å². The van der Waals surface area contributed by atoms with Crippen LogP contribution in [-0.2, 0) is 27.2 Å². The van der Waals surface area contributed by atoms with E-state index < -0.39 is 6.04 Å². The standard InChI is InChI=1S/C21H26N2O3S/c24-12-17-21(27-13-22-17)20(26)18-6-3-9-23(18)19(25)11-14-7-8-15-4-1-2-5-16(15)10-14/h1-2,4-5,12,14,17-18,21-22H,3,6-11,13H2/t14-,17+,18-,21?/m0/s1. The molecule has 0 bridgehead atoms. The predicted octanol–water partition coefficient (Wildman–Crippen LogP) is 1.97. The van der Waals surface area contributed by atoms with Gasteiger partial charge in [-0.2, -0.15) is 0 Å². The van der Waals surface area contributed by atoms with E-state index in [4.69, 9.17) is 0 Å². The maximum absolute atomic E-state index is 13.0. The van der Waals surface area contributed by atoms with Crippen LogP contribution < -0.4 is 5.32 Å². The van der Waals surface area contributed by atoms with Crippen molar-refractivity contribution in [1.82, 2.24) is 10.2 Å². The maximum atomic E-state index is 13.0. The summed E-state index contributed by atoms with van der Waals surface area (Å²) in [5, 5.41) is 2.69. The molecule has 2 heterocycles. The van der Waals surface area contributed by atoms with Crippen LogP contribution in [0.4, 0.5) is 0 Å². The predicted molar refractivity (Wildman–Crippen MR) is 106 cm³/mol. The number of carbonyl (C=O) groups excluding carboxylic acids is 3. The van der Waals surface area contributed by atoms with Gasteiger partial charge in [-0.25, -0.2) is 0 Å². The second-order valence-corrected chi connectivity index (χ2v) is 8.96. The van der Waals surface area contributed by atoms with E-state index in [-0.39, 0.29) is 23.0 Å². The molecule has 6 heteroatoms. The number of rotatable bonds is 5. The molecule has 2 aliphatic heterocycles. The fraction of sp³-hybridized carbons (Fsp3) is 0.571. The van der Waals surface area contributed by atoms with Crippen LogP contribution in [0.1, 0.15) is 36.8 Å². The highest BCUT2D eigenvalue weighted by molar-refractivity contribution is 8.00. The number of fused-ring (bicyclic) bond motifs is 1. The highest BCUT2D eigenvalue weighted by Crippen LogP contribution is 2.31. The first kappa shape index (κ1) is 18.7. The van der Waals surface area contributed by atoms with Gasteiger partial charge in [0.25, 0.3) is 0 Å². The van der Waals surface area contributed by atoms with Crippen LogP contribution in [0.15, 0.2) is 24.3 Å². The quantitative estimate of drug-likeness (QED) is 0.784. The van der Waals surface area contributed by atoms with Gasteiger partial charge in [0.1, 0.15) is 6.29 Å². The van der Waals surface area contributed by atoms with Gasteiger partial charge in [0, 0.05) is 18.8 Å². The summed E-state index contributed by atoms with van der Waals surface area (Å²) >= 11 is 1.48. The number of ketones is 1. The van der Waals surface area contributed by atoms with Gasteiger partial charge in [-0.3, -0.25) is 14.9 Å². The number of thioether (sulfide) groups is 1. The molecule has 5 nitrogen and oxygen atoms in total. The van der Waals surface area contributed by atoms with E-state index >= 15 is 0 Å². The summed E-state index contributed by atoms with van der Waals surface area (Å²) in [5.41, 5.74) is 2.76. The van der Waals surface area contributed by atoms with Crippen LogP contribution >= 0.6 is 11.8 Å². The van der Waals surface area contributed by atoms with Crippen molar-refractivity contribution in [2.24, 2.45) is 5.92 Å². The van der Waals surface area contributed by atoms with Gasteiger partial charge in [-0.05, 0) is 49.1 Å². The van der Waals surface area contributed by atoms with Crippen molar-refractivity contribution in [2.75, 3.05) is 12.4 Å². The molecular formula is C21H26N2O3S. The van der Waals surface area contributed by atoms with Gasteiger partial charge >= 0.3 is 0 Å². The van der Waals surface area contributed by atoms with E-state index in [1.54, 1.807) is 4.90 Å². The molecule has 4 atom stereocenters. The zero-order chi connectivity index (χ0) is 18.8. The number of carbonyl (C=O) groups is 3. The second-order valence-electron chi connectivity index (χ2n) is 7.83. The number of benzene rings is 1. The normalized spacial score (nSPS) is 30.1. The lowest BCUT2D eigenvalue weighted by molar-refractivity contribution is -0.138. The van der Waals surface area contributed by atoms with E-state index in [0.717, 1.165) is 38.4 Å². The SMILES string of the molecule is O=C[C@H]1NCSC1C(=O)[C@@H]1CCCN1C(=O)C[C@H]1CCc2ccccc2C1. The lowest BCUT2D eigenvalue weighted by Gasteiger charge is -2.29. The summed E-state index contributed by atoms with van der Waals surface area (Å²) in [7, 11) is 0. The van der Waals surface area contributed by atoms with Crippen LogP contribution in [-0.4, -0.2) is 52.6 Å². The number of Topliss-reactive ketones (excluding diaryl/α,β-unsaturated/α-hetero) is 1. The number of nitrogens with one attached hydrogen (secondary N) is 1. The van der Waals surface area contributed by atoms with Crippen molar-refractivity contribution in [3.63, 3.8) is 0 Å². The Kier molecular flexibility index (Phi) is 5.64. The molecule has 0 spiro atoms. The molecule has 1 amide bonds. The molecule has 1 unspecified atom stereocenters. The Labute approximate surface area is 164 Å². The zero-order valence-electron chi connectivity index (χ0n) is 15.4. The lowest BCUT2D eigenvalue weighted by Crippen LogP contribution is -2.48. The maximum Gasteiger partial charge on any atom is 0.223 e. The summed E-state index contributed by atoms with van der Waals surface area (Å²) in [5.74, 6) is 1.12. The molecule has 0 radical (unpaired) electrons. The first-order valence-electron chi connectivity index (χ1n) is 9.87. The Morgan fingerprint density at radius 2 is 2.04 bits per heavy atom. The van der Waals surface area contributed by atoms with E-state index in [1.807, 2.05) is 0 Å². The average molecular weight is 387 g/mol. The van der Waals surface area contributed by atoms with Crippen molar-refractivity contribution in [1.29, 1.82) is 0 Å². The average Bonchev–Trinajstić information content (AvgIpc) is 3.36. The minimum atomic E-state index is -0.421. The molecule has 1 aromatic rings. The summed E-state index contributed by atoms with van der Waals surface area (Å²) in [6.07, 6.45) is 5.94. The summed E-state index contributed by atoms with van der Waals surface area (Å²) in [4.78, 5) is 39.0. The van der Waals surface area contributed by atoms with E-state index in [0.29, 0.717) is 24.8 Å². The molecule has 27 heavy (non-hydrogen) atoms. The van der Waals surface area contributed by atoms with Crippen molar-refractivity contribution >= 4 is 29.7 Å². The summed E-state index contributed by atoms with van der Waals surface area (Å²) in [6, 6.07) is 7.71. The highest BCUT2D eigenvalue weighted by Gasteiger charge is 2.42. The van der Waals surface area contributed by atoms with Crippen molar-refractivity contribution < 1.29 is 14.4 Å². The molecule has 1 aromatic carbocycles. The van der Waals surface area contributed by atoms with Gasteiger partial charge < -0.3 is 9.69 Å². The number of aldehydes is 1. The minimum Gasteiger partial charge on any atom is -0.333 e. The Morgan fingerprint density at radius 3 is 2.85 bits per heavy atom. The number of amides is 1. The number of aryl methyl sites for hydroxylation is 1. The second kappa shape index (κ2) is 8.15. The Morgan fingerprint density at radius 1 is 1.22 bits per heavy atom. The van der Waals surface area contributed by atoms with Crippen LogP contribution in [0.5, 0.6) is 0 Å². The monoisotopic (exact) mass is 386 g/mol. The van der Waals surface area contributed by atoms with Crippen molar-refractivity contribution in [3.8, 4) is 0 Å². The van der Waals surface area contributed by atoms with Gasteiger partial charge in [0.05, 0.1) is 17.3 Å². The molecule has 1 N–H and O–H groups in total. The fourth-order valence-electron chi connectivity index (χ4n) is 4.69. The zero-order valence-corrected chi connectivity index (χ0v) is 16.2. The molecule has 3 aliphatic rings. The largest absolute Gasteiger partial charge is 0.333 e. The van der Waals surface area contributed by atoms with E-state index in [1.165, 1.54) is 22.9 Å². The Bertz CT molecular complexity index is 738. The van der Waals surface area contributed by atoms with Gasteiger partial charge in [-0.15, -0.1) is 11.8 Å². The Hall–Kier alpha value is -1.66. The molecule has 144 valence electrons. The minimum absolute atomic E-state index is 0.0435. The van der Waals surface area contributed by atoms with Crippen molar-refractivity contribution in [3.05, 3.63) is 35.4 Å². The third-order valence-electron chi connectivity index (χ3n) is 6.15. The van der Waals surface area contributed by atoms with Crippen molar-refractivity contribution in [2.45, 2.75) is 55.9 Å². The fourth-order valence-corrected chi connectivity index (χ4v) is 5.84. The van der Waals surface area contributed by atoms with Crippen LogP contribution in [0.25, 0.3) is 0 Å². The van der Waals surface area contributed by atoms with Crippen LogP contribution in [0.3, 0.4) is 0 Å². The molecule has 0 aromatic heterocycles. The first-order chi connectivity index (χ1) is 13.2. The number of likely N-dealkylation sites (tertiary alicyclic amines) is 1. The smallest absolute Gasteiger partial charge is 0.223 e. The first-order valence-corrected chi connectivity index (χ1v) is 10.9. The Balaban J connectivity index is 1.39. The molecule has 4 rings (SSSR count). The van der Waals surface area contributed by atoms with Crippen LogP contribution in [0.2, 0.25) is 0 Å². The van der Waals surface area contributed by atoms with Gasteiger partial charge in [-0.1, -0.05) is 24.3 Å². The highest BCUT2D eigenvalue weighted by atomic mass is 32.2. The number of nitrogens with zero attached hydrogens (tertiary/aromatic N) is 1.